The van der Waals surface area contributed by atoms with Gasteiger partial charge in [-0.1, -0.05) is 5.11 Å². The molecule has 9 heteroatoms. The molecule has 0 saturated carbocycles. The van der Waals surface area contributed by atoms with Crippen molar-refractivity contribution in [3.05, 3.63) is 10.4 Å². The summed E-state index contributed by atoms with van der Waals surface area (Å²) >= 11 is 0. The van der Waals surface area contributed by atoms with Crippen molar-refractivity contribution in [1.82, 2.24) is 0 Å². The second kappa shape index (κ2) is 7.27. The first-order valence-electron chi connectivity index (χ1n) is 5.58. The minimum absolute atomic E-state index is 0.476. The molecule has 1 N–H and O–H groups in total. The van der Waals surface area contributed by atoms with Crippen LogP contribution in [0.4, 0.5) is 0 Å². The fourth-order valence-electron chi connectivity index (χ4n) is 2.09. The molecule has 19 heavy (non-hydrogen) atoms. The van der Waals surface area contributed by atoms with Crippen LogP contribution in [0.3, 0.4) is 0 Å². The van der Waals surface area contributed by atoms with E-state index in [0.717, 1.165) is 0 Å². The molecule has 0 unspecified atom stereocenters. The summed E-state index contributed by atoms with van der Waals surface area (Å²) in [5.41, 5.74) is 8.45. The highest BCUT2D eigenvalue weighted by Gasteiger charge is 2.49. The normalized spacial score (nSPS) is 32.3. The fraction of sp³-hybridized carbons (Fsp3) is 0.900. The van der Waals surface area contributed by atoms with Crippen LogP contribution in [0.2, 0.25) is 0 Å². The van der Waals surface area contributed by atoms with Gasteiger partial charge in [-0.25, -0.2) is 4.79 Å². The van der Waals surface area contributed by atoms with Gasteiger partial charge in [0.05, 0.1) is 6.61 Å². The van der Waals surface area contributed by atoms with Crippen LogP contribution in [0.5, 0.6) is 0 Å². The van der Waals surface area contributed by atoms with Gasteiger partial charge in [0.2, 0.25) is 0 Å². The molecule has 0 bridgehead atoms. The van der Waals surface area contributed by atoms with Crippen molar-refractivity contribution < 1.29 is 28.8 Å². The fourth-order valence-corrected chi connectivity index (χ4v) is 2.09. The molecule has 0 aliphatic carbocycles. The van der Waals surface area contributed by atoms with E-state index in [-0.39, 0.29) is 0 Å². The third-order valence-corrected chi connectivity index (χ3v) is 3.00. The van der Waals surface area contributed by atoms with Crippen LogP contribution in [0, 0.1) is 0 Å². The lowest BCUT2D eigenvalue weighted by molar-refractivity contribution is -0.218. The Labute approximate surface area is 110 Å². The zero-order valence-electron chi connectivity index (χ0n) is 10.9. The van der Waals surface area contributed by atoms with E-state index in [4.69, 9.17) is 24.5 Å². The van der Waals surface area contributed by atoms with Gasteiger partial charge < -0.3 is 24.1 Å². The summed E-state index contributed by atoms with van der Waals surface area (Å²) in [4.78, 5) is 14.4. The molecular formula is C10H17N3O6. The summed E-state index contributed by atoms with van der Waals surface area (Å²) in [6, 6.07) is -0.950. The first-order chi connectivity index (χ1) is 9.14. The summed E-state index contributed by atoms with van der Waals surface area (Å²) in [5.74, 6) is -0.653. The van der Waals surface area contributed by atoms with E-state index in [1.165, 1.54) is 21.3 Å². The summed E-state index contributed by atoms with van der Waals surface area (Å²) < 4.78 is 20.6. The van der Waals surface area contributed by atoms with Gasteiger partial charge in [-0.2, -0.15) is 0 Å². The van der Waals surface area contributed by atoms with E-state index in [1.54, 1.807) is 0 Å². The van der Waals surface area contributed by atoms with Gasteiger partial charge in [0, 0.05) is 26.2 Å². The minimum Gasteiger partial charge on any atom is -0.457 e. The van der Waals surface area contributed by atoms with E-state index in [9.17, 15) is 9.90 Å². The highest BCUT2D eigenvalue weighted by atomic mass is 16.6. The molecule has 0 radical (unpaired) electrons. The second-order valence-electron chi connectivity index (χ2n) is 3.91. The predicted octanol–water partition coefficient (Wildman–Crippen LogP) is -0.372. The average molecular weight is 275 g/mol. The van der Waals surface area contributed by atoms with Crippen LogP contribution < -0.4 is 0 Å². The van der Waals surface area contributed by atoms with E-state index in [0.29, 0.717) is 0 Å². The van der Waals surface area contributed by atoms with Crippen molar-refractivity contribution in [1.29, 1.82) is 0 Å². The van der Waals surface area contributed by atoms with Crippen molar-refractivity contribution in [3.8, 4) is 0 Å². The molecule has 1 heterocycles. The molecule has 1 fully saturated rings. The molecule has 0 aromatic rings. The Kier molecular flexibility index (Phi) is 6.00. The lowest BCUT2D eigenvalue weighted by Gasteiger charge is -2.41. The number of aliphatic hydroxyl groups excluding tert-OH is 1. The van der Waals surface area contributed by atoms with Gasteiger partial charge in [-0.3, -0.25) is 0 Å². The second-order valence-corrected chi connectivity index (χ2v) is 3.91. The van der Waals surface area contributed by atoms with Crippen LogP contribution in [-0.2, 0) is 23.7 Å². The Hall–Kier alpha value is -1.38. The highest BCUT2D eigenvalue weighted by Crippen LogP contribution is 2.26. The predicted molar refractivity (Wildman–Crippen MR) is 62.3 cm³/mol. The van der Waals surface area contributed by atoms with Crippen molar-refractivity contribution in [2.24, 2.45) is 5.11 Å². The molecule has 9 nitrogen and oxygen atoms in total. The number of carbonyl (C=O) groups excluding carboxylic acids is 1. The van der Waals surface area contributed by atoms with Gasteiger partial charge in [-0.05, 0) is 5.53 Å². The lowest BCUT2D eigenvalue weighted by atomic mass is 9.94. The first-order valence-corrected chi connectivity index (χ1v) is 5.58. The number of cyclic esters (lactones) is 1. The van der Waals surface area contributed by atoms with Crippen LogP contribution in [0.15, 0.2) is 5.11 Å². The Balaban J connectivity index is 3.04. The molecule has 0 amide bonds. The molecular weight excluding hydrogens is 258 g/mol. The molecule has 0 spiro atoms. The molecule has 0 aromatic carbocycles. The third kappa shape index (κ3) is 3.14. The number of carbonyl (C=O) groups is 1. The minimum atomic E-state index is -0.950. The first kappa shape index (κ1) is 15.7. The van der Waals surface area contributed by atoms with E-state index >= 15 is 0 Å². The van der Waals surface area contributed by atoms with Gasteiger partial charge >= 0.3 is 5.97 Å². The number of methoxy groups -OCH3 is 3. The number of hydrogen-bond donors (Lipinski definition) is 1. The van der Waals surface area contributed by atoms with Gasteiger partial charge in [0.1, 0.15) is 24.4 Å². The lowest BCUT2D eigenvalue weighted by Crippen LogP contribution is -2.61. The number of aliphatic hydroxyl groups is 1. The molecule has 5 atom stereocenters. The van der Waals surface area contributed by atoms with Gasteiger partial charge in [-0.15, -0.1) is 0 Å². The number of azide groups is 1. The number of rotatable bonds is 6. The van der Waals surface area contributed by atoms with Gasteiger partial charge in [0.15, 0.2) is 6.10 Å². The maximum Gasteiger partial charge on any atom is 0.338 e. The Morgan fingerprint density at radius 2 is 2.00 bits per heavy atom. The van der Waals surface area contributed by atoms with E-state index < -0.39 is 43.0 Å². The Morgan fingerprint density at radius 1 is 1.37 bits per heavy atom. The van der Waals surface area contributed by atoms with Crippen LogP contribution >= 0.6 is 0 Å². The average Bonchev–Trinajstić information content (AvgIpc) is 2.43. The van der Waals surface area contributed by atoms with Gasteiger partial charge in [0.25, 0.3) is 0 Å². The van der Waals surface area contributed by atoms with Crippen molar-refractivity contribution in [3.63, 3.8) is 0 Å². The topological polar surface area (TPSA) is 123 Å². The monoisotopic (exact) mass is 275 g/mol. The van der Waals surface area contributed by atoms with E-state index in [1.807, 2.05) is 0 Å². The maximum absolute atomic E-state index is 11.8. The largest absolute Gasteiger partial charge is 0.457 e. The van der Waals surface area contributed by atoms with Crippen molar-refractivity contribution >= 4 is 5.97 Å². The summed E-state index contributed by atoms with van der Waals surface area (Å²) in [5, 5.41) is 12.6. The summed E-state index contributed by atoms with van der Waals surface area (Å²) in [7, 11) is 4.15. The van der Waals surface area contributed by atoms with Crippen LogP contribution in [-0.4, -0.2) is 69.5 Å². The molecule has 1 saturated heterocycles. The number of esters is 1. The SMILES string of the molecule is CO[C@@H]1[C@@H]([C@@H](CO)N=[N+]=[N-])OC(=O)[C@H](OC)[C@H]1OC. The Morgan fingerprint density at radius 3 is 2.42 bits per heavy atom. The molecule has 1 aliphatic rings. The number of ether oxygens (including phenoxy) is 4. The molecule has 1 aliphatic heterocycles. The highest BCUT2D eigenvalue weighted by molar-refractivity contribution is 5.77. The zero-order chi connectivity index (χ0) is 14.4. The number of nitrogens with zero attached hydrogens (tertiary/aromatic N) is 3. The quantitative estimate of drug-likeness (QED) is 0.305. The maximum atomic E-state index is 11.8. The van der Waals surface area contributed by atoms with Crippen LogP contribution in [0.1, 0.15) is 0 Å². The third-order valence-electron chi connectivity index (χ3n) is 3.00. The van der Waals surface area contributed by atoms with Crippen LogP contribution in [0.25, 0.3) is 10.4 Å². The number of hydrogen-bond acceptors (Lipinski definition) is 7. The molecule has 108 valence electrons. The zero-order valence-corrected chi connectivity index (χ0v) is 10.9. The molecule has 1 rings (SSSR count). The van der Waals surface area contributed by atoms with Crippen molar-refractivity contribution in [2.75, 3.05) is 27.9 Å². The smallest absolute Gasteiger partial charge is 0.338 e. The Bertz CT molecular complexity index is 359. The summed E-state index contributed by atoms with van der Waals surface area (Å²) in [6.07, 6.45) is -3.30. The van der Waals surface area contributed by atoms with E-state index in [2.05, 4.69) is 10.0 Å². The van der Waals surface area contributed by atoms with Crippen molar-refractivity contribution in [2.45, 2.75) is 30.5 Å². The standard InChI is InChI=1S/C10H17N3O6/c1-16-7-6(5(4-14)12-13-11)19-10(15)9(18-3)8(7)17-2/h5-9,14H,4H2,1-3H3/t5-,6-,7-,8+,9-/m1/s1. The molecule has 0 aromatic heterocycles. The summed E-state index contributed by atoms with van der Waals surface area (Å²) in [6.45, 7) is -0.476.